The molecule has 40 heavy (non-hydrogen) atoms. The fourth-order valence-corrected chi connectivity index (χ4v) is 3.87. The lowest BCUT2D eigenvalue weighted by molar-refractivity contribution is -0.302. The molecule has 0 aliphatic carbocycles. The van der Waals surface area contributed by atoms with E-state index in [1.807, 2.05) is 0 Å². The SMILES string of the molecule is CCOc1c(NCc2ccc(C(=O)NCCOCCOCCOC3O[C@H](CO)[C@@H](O)[C@H](O)[C@@H]3O)cc2)c(=O)c1=O. The number of carbonyl (C=O) groups excluding carboxylic acids is 1. The maximum absolute atomic E-state index is 12.3. The van der Waals surface area contributed by atoms with Gasteiger partial charge in [0.1, 0.15) is 30.1 Å². The fraction of sp³-hybridized carbons (Fsp3) is 0.577. The number of aliphatic hydroxyl groups excluding tert-OH is 4. The van der Waals surface area contributed by atoms with Crippen LogP contribution in [0.1, 0.15) is 22.8 Å². The van der Waals surface area contributed by atoms with Crippen molar-refractivity contribution in [2.75, 3.05) is 58.1 Å². The molecule has 1 saturated heterocycles. The standard InChI is InChI=1S/C26H36N2O12/c1-2-38-24-18(20(31)22(24)33)28-13-15-3-5-16(6-4-15)25(35)27-7-8-36-9-10-37-11-12-39-26-23(34)21(32)19(30)17(14-29)40-26/h3-6,17,19,21,23,26,28-30,32,34H,2,7-14H2,1H3,(H,27,35)/t17-,19-,21+,23+,26?/m1/s1. The molecule has 2 aromatic carbocycles. The van der Waals surface area contributed by atoms with Gasteiger partial charge in [0.15, 0.2) is 12.0 Å². The minimum Gasteiger partial charge on any atom is -0.488 e. The van der Waals surface area contributed by atoms with Crippen molar-refractivity contribution in [1.82, 2.24) is 5.32 Å². The van der Waals surface area contributed by atoms with Crippen molar-refractivity contribution < 1.29 is 48.9 Å². The minimum absolute atomic E-state index is 0.0393. The van der Waals surface area contributed by atoms with E-state index in [0.717, 1.165) is 5.56 Å². The maximum atomic E-state index is 12.3. The lowest BCUT2D eigenvalue weighted by atomic mass is 9.99. The Hall–Kier alpha value is -2.95. The molecule has 5 atom stereocenters. The third-order valence-corrected chi connectivity index (χ3v) is 6.10. The number of aliphatic hydroxyl groups is 4. The van der Waals surface area contributed by atoms with Crippen LogP contribution in [0.4, 0.5) is 5.69 Å². The normalized spacial score (nSPS) is 22.8. The number of nitrogens with one attached hydrogen (secondary N) is 2. The second-order valence-corrected chi connectivity index (χ2v) is 8.89. The topological polar surface area (TPSA) is 202 Å². The van der Waals surface area contributed by atoms with Crippen LogP contribution in [-0.2, 0) is 25.5 Å². The van der Waals surface area contributed by atoms with E-state index in [-0.39, 0.29) is 63.5 Å². The van der Waals surface area contributed by atoms with Crippen molar-refractivity contribution >= 4 is 11.6 Å². The van der Waals surface area contributed by atoms with Gasteiger partial charge in [0.05, 0.1) is 46.2 Å². The quantitative estimate of drug-likeness (QED) is 0.0893. The van der Waals surface area contributed by atoms with Crippen LogP contribution in [0, 0.1) is 0 Å². The van der Waals surface area contributed by atoms with Crippen molar-refractivity contribution in [3.05, 3.63) is 55.8 Å². The monoisotopic (exact) mass is 568 g/mol. The first-order valence-corrected chi connectivity index (χ1v) is 12.9. The van der Waals surface area contributed by atoms with Crippen LogP contribution in [0.15, 0.2) is 33.9 Å². The summed E-state index contributed by atoms with van der Waals surface area (Å²) >= 11 is 0. The number of hydrogen-bond donors (Lipinski definition) is 6. The average molecular weight is 569 g/mol. The van der Waals surface area contributed by atoms with Gasteiger partial charge < -0.3 is 54.7 Å². The van der Waals surface area contributed by atoms with Crippen LogP contribution in [-0.4, -0.2) is 110 Å². The summed E-state index contributed by atoms with van der Waals surface area (Å²) in [6.07, 6.45) is -6.65. The summed E-state index contributed by atoms with van der Waals surface area (Å²) in [4.78, 5) is 35.5. The molecule has 1 aliphatic heterocycles. The number of anilines is 1. The number of ether oxygens (including phenoxy) is 5. The van der Waals surface area contributed by atoms with E-state index in [1.165, 1.54) is 0 Å². The lowest BCUT2D eigenvalue weighted by Gasteiger charge is -2.39. The second-order valence-electron chi connectivity index (χ2n) is 8.89. The van der Waals surface area contributed by atoms with Crippen LogP contribution in [0.25, 0.3) is 0 Å². The van der Waals surface area contributed by atoms with E-state index in [2.05, 4.69) is 10.6 Å². The Bertz CT molecular complexity index is 1130. The predicted octanol–water partition coefficient (Wildman–Crippen LogP) is -2.13. The Morgan fingerprint density at radius 1 is 0.925 bits per heavy atom. The van der Waals surface area contributed by atoms with Crippen LogP contribution in [0.5, 0.6) is 5.75 Å². The molecular weight excluding hydrogens is 532 g/mol. The fourth-order valence-electron chi connectivity index (χ4n) is 3.87. The Morgan fingerprint density at radius 2 is 1.60 bits per heavy atom. The lowest BCUT2D eigenvalue weighted by Crippen LogP contribution is -2.59. The van der Waals surface area contributed by atoms with Gasteiger partial charge in [0.2, 0.25) is 0 Å². The van der Waals surface area contributed by atoms with Gasteiger partial charge in [-0.1, -0.05) is 12.1 Å². The van der Waals surface area contributed by atoms with Gasteiger partial charge in [-0.15, -0.1) is 0 Å². The molecule has 0 saturated carbocycles. The molecule has 3 rings (SSSR count). The van der Waals surface area contributed by atoms with Gasteiger partial charge in [-0.05, 0) is 24.6 Å². The van der Waals surface area contributed by atoms with Crippen molar-refractivity contribution in [2.24, 2.45) is 0 Å². The molecule has 1 amide bonds. The Balaban J connectivity index is 1.23. The molecule has 2 aromatic rings. The van der Waals surface area contributed by atoms with E-state index in [1.54, 1.807) is 31.2 Å². The van der Waals surface area contributed by atoms with E-state index in [9.17, 15) is 29.7 Å². The Morgan fingerprint density at radius 3 is 2.27 bits per heavy atom. The highest BCUT2D eigenvalue weighted by atomic mass is 16.7. The maximum Gasteiger partial charge on any atom is 0.272 e. The summed E-state index contributed by atoms with van der Waals surface area (Å²) in [6.45, 7) is 3.04. The molecule has 1 heterocycles. The second kappa shape index (κ2) is 15.7. The summed E-state index contributed by atoms with van der Waals surface area (Å²) in [6, 6.07) is 6.78. The van der Waals surface area contributed by atoms with Crippen LogP contribution in [0.3, 0.4) is 0 Å². The molecule has 14 nitrogen and oxygen atoms in total. The zero-order valence-corrected chi connectivity index (χ0v) is 22.1. The number of rotatable bonds is 17. The molecular formula is C26H36N2O12. The van der Waals surface area contributed by atoms with Crippen molar-refractivity contribution in [1.29, 1.82) is 0 Å². The van der Waals surface area contributed by atoms with Gasteiger partial charge in [-0.25, -0.2) is 0 Å². The molecule has 6 N–H and O–H groups in total. The number of amides is 1. The first-order valence-electron chi connectivity index (χ1n) is 12.9. The summed E-state index contributed by atoms with van der Waals surface area (Å²) < 4.78 is 26.5. The molecule has 14 heteroatoms. The number of carbonyl (C=O) groups is 1. The molecule has 0 aromatic heterocycles. The van der Waals surface area contributed by atoms with Crippen LogP contribution in [0.2, 0.25) is 0 Å². The summed E-state index contributed by atoms with van der Waals surface area (Å²) in [5.41, 5.74) is 0.201. The average Bonchev–Trinajstić information content (AvgIpc) is 2.97. The largest absolute Gasteiger partial charge is 0.488 e. The van der Waals surface area contributed by atoms with Crippen molar-refractivity contribution in [3.63, 3.8) is 0 Å². The zero-order valence-electron chi connectivity index (χ0n) is 22.1. The van der Waals surface area contributed by atoms with Crippen molar-refractivity contribution in [3.8, 4) is 5.75 Å². The van der Waals surface area contributed by atoms with Gasteiger partial charge in [0.25, 0.3) is 16.8 Å². The molecule has 1 fully saturated rings. The van der Waals surface area contributed by atoms with Crippen LogP contribution >= 0.6 is 0 Å². The molecule has 0 bridgehead atoms. The first kappa shape index (κ1) is 31.6. The van der Waals surface area contributed by atoms with E-state index in [0.29, 0.717) is 12.1 Å². The molecule has 222 valence electrons. The molecule has 0 spiro atoms. The highest BCUT2D eigenvalue weighted by Gasteiger charge is 2.43. The smallest absolute Gasteiger partial charge is 0.272 e. The number of benzene rings is 1. The highest BCUT2D eigenvalue weighted by molar-refractivity contribution is 5.94. The van der Waals surface area contributed by atoms with E-state index in [4.69, 9.17) is 28.8 Å². The Labute approximate surface area is 230 Å². The van der Waals surface area contributed by atoms with Gasteiger partial charge in [-0.2, -0.15) is 0 Å². The van der Waals surface area contributed by atoms with E-state index < -0.39 is 48.2 Å². The van der Waals surface area contributed by atoms with Gasteiger partial charge in [-0.3, -0.25) is 14.4 Å². The summed E-state index contributed by atoms with van der Waals surface area (Å²) in [5, 5.41) is 44.2. The zero-order chi connectivity index (χ0) is 29.1. The molecule has 1 unspecified atom stereocenters. The van der Waals surface area contributed by atoms with Crippen LogP contribution < -0.4 is 26.2 Å². The summed E-state index contributed by atoms with van der Waals surface area (Å²) in [7, 11) is 0. The number of hydrogen-bond acceptors (Lipinski definition) is 13. The highest BCUT2D eigenvalue weighted by Crippen LogP contribution is 2.22. The third kappa shape index (κ3) is 8.28. The molecule has 1 aliphatic rings. The van der Waals surface area contributed by atoms with Gasteiger partial charge >= 0.3 is 0 Å². The molecule has 0 radical (unpaired) electrons. The minimum atomic E-state index is -1.50. The Kier molecular flexibility index (Phi) is 12.4. The third-order valence-electron chi connectivity index (χ3n) is 6.10. The summed E-state index contributed by atoms with van der Waals surface area (Å²) in [5.74, 6) is -0.219. The first-order chi connectivity index (χ1) is 19.3. The van der Waals surface area contributed by atoms with E-state index >= 15 is 0 Å². The van der Waals surface area contributed by atoms with Crippen molar-refractivity contribution in [2.45, 2.75) is 44.2 Å². The predicted molar refractivity (Wildman–Crippen MR) is 140 cm³/mol. The van der Waals surface area contributed by atoms with Gasteiger partial charge in [0, 0.05) is 18.7 Å².